The number of hydrogen-bond donors (Lipinski definition) is 0. The van der Waals surface area contributed by atoms with Crippen LogP contribution in [0.25, 0.3) is 0 Å². The molecule has 0 aliphatic heterocycles. The first-order chi connectivity index (χ1) is 6.67. The summed E-state index contributed by atoms with van der Waals surface area (Å²) in [5.74, 6) is -0.748. The van der Waals surface area contributed by atoms with E-state index in [4.69, 9.17) is 4.74 Å². The molecule has 0 aliphatic carbocycles. The van der Waals surface area contributed by atoms with Crippen LogP contribution in [0.4, 0.5) is 0 Å². The van der Waals surface area contributed by atoms with Gasteiger partial charge in [-0.3, -0.25) is 4.79 Å². The van der Waals surface area contributed by atoms with E-state index in [1.54, 1.807) is 13.0 Å². The van der Waals surface area contributed by atoms with Gasteiger partial charge < -0.3 is 4.74 Å². The molecule has 0 atom stereocenters. The van der Waals surface area contributed by atoms with Crippen molar-refractivity contribution in [3.63, 3.8) is 0 Å². The van der Waals surface area contributed by atoms with Gasteiger partial charge in [-0.25, -0.2) is 4.79 Å². The van der Waals surface area contributed by atoms with Crippen LogP contribution in [0.3, 0.4) is 0 Å². The first-order valence-corrected chi connectivity index (χ1v) is 5.75. The van der Waals surface area contributed by atoms with Crippen LogP contribution in [0.2, 0.25) is 0 Å². The topological polar surface area (TPSA) is 43.4 Å². The van der Waals surface area contributed by atoms with Gasteiger partial charge in [-0.2, -0.15) is 0 Å². The highest BCUT2D eigenvalue weighted by molar-refractivity contribution is 9.09. The Morgan fingerprint density at radius 1 is 1.36 bits per heavy atom. The molecule has 0 saturated carbocycles. The number of ketones is 1. The van der Waals surface area contributed by atoms with Gasteiger partial charge in [0.15, 0.2) is 5.78 Å². The van der Waals surface area contributed by atoms with E-state index in [1.807, 2.05) is 6.92 Å². The predicted molar refractivity (Wildman–Crippen MR) is 58.4 cm³/mol. The van der Waals surface area contributed by atoms with Crippen LogP contribution in [0.5, 0.6) is 0 Å². The van der Waals surface area contributed by atoms with Crippen LogP contribution >= 0.6 is 15.9 Å². The first-order valence-electron chi connectivity index (χ1n) is 4.63. The zero-order valence-electron chi connectivity index (χ0n) is 8.51. The molecule has 14 heavy (non-hydrogen) atoms. The fraction of sp³-hybridized carbons (Fsp3) is 0.600. The molecule has 0 aromatic carbocycles. The molecule has 0 amide bonds. The van der Waals surface area contributed by atoms with Crippen molar-refractivity contribution in [2.75, 3.05) is 11.9 Å². The van der Waals surface area contributed by atoms with Crippen LogP contribution in [0.15, 0.2) is 11.6 Å². The minimum Gasteiger partial charge on any atom is -0.462 e. The molecule has 0 fully saturated rings. The SMILES string of the molecule is CCC/C=C(\C(=O)CBr)C(=O)OCC. The smallest absolute Gasteiger partial charge is 0.341 e. The second-order valence-corrected chi connectivity index (χ2v) is 3.24. The van der Waals surface area contributed by atoms with E-state index in [2.05, 4.69) is 15.9 Å². The number of alkyl halides is 1. The third kappa shape index (κ3) is 4.56. The number of ether oxygens (including phenoxy) is 1. The third-order valence-electron chi connectivity index (χ3n) is 1.55. The van der Waals surface area contributed by atoms with Crippen molar-refractivity contribution in [2.45, 2.75) is 26.7 Å². The van der Waals surface area contributed by atoms with E-state index >= 15 is 0 Å². The Hall–Kier alpha value is -0.640. The highest BCUT2D eigenvalue weighted by Gasteiger charge is 2.17. The lowest BCUT2D eigenvalue weighted by Gasteiger charge is -2.03. The summed E-state index contributed by atoms with van der Waals surface area (Å²) in [7, 11) is 0. The van der Waals surface area contributed by atoms with Crippen molar-refractivity contribution in [3.8, 4) is 0 Å². The van der Waals surface area contributed by atoms with Gasteiger partial charge in [0.2, 0.25) is 0 Å². The maximum absolute atomic E-state index is 11.3. The summed E-state index contributed by atoms with van der Waals surface area (Å²) in [4.78, 5) is 22.6. The molecule has 0 rings (SSSR count). The minimum atomic E-state index is -0.523. The number of hydrogen-bond acceptors (Lipinski definition) is 3. The highest BCUT2D eigenvalue weighted by atomic mass is 79.9. The number of carbonyl (C=O) groups is 2. The van der Waals surface area contributed by atoms with Gasteiger partial charge in [0.25, 0.3) is 0 Å². The number of carbonyl (C=O) groups excluding carboxylic acids is 2. The molecule has 0 saturated heterocycles. The summed E-state index contributed by atoms with van der Waals surface area (Å²) in [6, 6.07) is 0. The minimum absolute atomic E-state index is 0.154. The molecule has 0 N–H and O–H groups in total. The lowest BCUT2D eigenvalue weighted by atomic mass is 10.1. The zero-order valence-corrected chi connectivity index (χ0v) is 10.1. The van der Waals surface area contributed by atoms with Crippen molar-refractivity contribution >= 4 is 27.7 Å². The Bertz CT molecular complexity index is 234. The maximum Gasteiger partial charge on any atom is 0.341 e. The summed E-state index contributed by atoms with van der Waals surface area (Å²) in [5.41, 5.74) is 0.158. The van der Waals surface area contributed by atoms with Crippen LogP contribution in [-0.4, -0.2) is 23.7 Å². The molecule has 0 aromatic rings. The molecular formula is C10H15BrO3. The lowest BCUT2D eigenvalue weighted by Crippen LogP contribution is -2.16. The predicted octanol–water partition coefficient (Wildman–Crippen LogP) is 2.24. The molecule has 0 spiro atoms. The van der Waals surface area contributed by atoms with Gasteiger partial charge in [0.05, 0.1) is 17.5 Å². The molecule has 0 aliphatic rings. The van der Waals surface area contributed by atoms with E-state index in [9.17, 15) is 9.59 Å². The quantitative estimate of drug-likeness (QED) is 0.243. The third-order valence-corrected chi connectivity index (χ3v) is 2.06. The Kier molecular flexibility index (Phi) is 7.38. The Labute approximate surface area is 92.6 Å². The Morgan fingerprint density at radius 3 is 2.43 bits per heavy atom. The summed E-state index contributed by atoms with van der Waals surface area (Å²) in [5, 5.41) is 0.154. The molecule has 4 heteroatoms. The molecule has 3 nitrogen and oxygen atoms in total. The normalized spacial score (nSPS) is 11.2. The monoisotopic (exact) mass is 262 g/mol. The van der Waals surface area contributed by atoms with Crippen LogP contribution in [0.1, 0.15) is 26.7 Å². The molecule has 0 bridgehead atoms. The number of Topliss-reactive ketones (excluding diaryl/α,β-unsaturated/α-hetero) is 1. The van der Waals surface area contributed by atoms with Crippen LogP contribution in [-0.2, 0) is 14.3 Å². The number of rotatable bonds is 6. The van der Waals surface area contributed by atoms with Crippen molar-refractivity contribution in [2.24, 2.45) is 0 Å². The molecule has 0 radical (unpaired) electrons. The number of unbranched alkanes of at least 4 members (excludes halogenated alkanes) is 1. The van der Waals surface area contributed by atoms with Gasteiger partial charge in [0, 0.05) is 0 Å². The van der Waals surface area contributed by atoms with Crippen LogP contribution in [0, 0.1) is 0 Å². The summed E-state index contributed by atoms with van der Waals surface area (Å²) in [6.07, 6.45) is 3.26. The van der Waals surface area contributed by atoms with Crippen molar-refractivity contribution in [1.29, 1.82) is 0 Å². The first kappa shape index (κ1) is 13.4. The number of halogens is 1. The summed E-state index contributed by atoms with van der Waals surface area (Å²) >= 11 is 3.03. The second-order valence-electron chi connectivity index (χ2n) is 2.68. The zero-order chi connectivity index (χ0) is 11.0. The fourth-order valence-corrected chi connectivity index (χ4v) is 1.18. The highest BCUT2D eigenvalue weighted by Crippen LogP contribution is 2.05. The molecular weight excluding hydrogens is 248 g/mol. The van der Waals surface area contributed by atoms with Gasteiger partial charge >= 0.3 is 5.97 Å². The average molecular weight is 263 g/mol. The lowest BCUT2D eigenvalue weighted by molar-refractivity contribution is -0.139. The van der Waals surface area contributed by atoms with Gasteiger partial charge in [0.1, 0.15) is 0 Å². The van der Waals surface area contributed by atoms with E-state index in [0.717, 1.165) is 6.42 Å². The number of esters is 1. The van der Waals surface area contributed by atoms with Gasteiger partial charge in [-0.05, 0) is 13.3 Å². The van der Waals surface area contributed by atoms with Gasteiger partial charge in [-0.15, -0.1) is 0 Å². The van der Waals surface area contributed by atoms with Crippen LogP contribution < -0.4 is 0 Å². The van der Waals surface area contributed by atoms with Gasteiger partial charge in [-0.1, -0.05) is 35.4 Å². The molecule has 0 aromatic heterocycles. The summed E-state index contributed by atoms with van der Waals surface area (Å²) < 4.78 is 4.78. The summed E-state index contributed by atoms with van der Waals surface area (Å²) in [6.45, 7) is 3.99. The molecule has 80 valence electrons. The molecule has 0 unspecified atom stereocenters. The van der Waals surface area contributed by atoms with Crippen molar-refractivity contribution in [3.05, 3.63) is 11.6 Å². The molecule has 0 heterocycles. The maximum atomic E-state index is 11.3. The Morgan fingerprint density at radius 2 is 2.00 bits per heavy atom. The van der Waals surface area contributed by atoms with Crippen molar-refractivity contribution < 1.29 is 14.3 Å². The largest absolute Gasteiger partial charge is 0.462 e. The van der Waals surface area contributed by atoms with E-state index in [1.165, 1.54) is 0 Å². The number of allylic oxidation sites excluding steroid dienone is 1. The Balaban J connectivity index is 4.54. The van der Waals surface area contributed by atoms with E-state index in [-0.39, 0.29) is 23.3 Å². The van der Waals surface area contributed by atoms with Crippen molar-refractivity contribution in [1.82, 2.24) is 0 Å². The van der Waals surface area contributed by atoms with E-state index < -0.39 is 5.97 Å². The average Bonchev–Trinajstić information content (AvgIpc) is 2.18. The van der Waals surface area contributed by atoms with E-state index in [0.29, 0.717) is 6.42 Å². The standard InChI is InChI=1S/C10H15BrO3/c1-3-5-6-8(9(12)7-11)10(13)14-4-2/h6H,3-5,7H2,1-2H3/b8-6+. The second kappa shape index (κ2) is 7.74. The fourth-order valence-electron chi connectivity index (χ4n) is 0.881.